The zero-order valence-electron chi connectivity index (χ0n) is 9.84. The Kier molecular flexibility index (Phi) is 4.90. The zero-order chi connectivity index (χ0) is 13.0. The van der Waals surface area contributed by atoms with Crippen molar-refractivity contribution in [2.24, 2.45) is 11.7 Å². The number of halogens is 2. The Morgan fingerprint density at radius 2 is 2.24 bits per heavy atom. The number of rotatable bonds is 4. The highest BCUT2D eigenvalue weighted by molar-refractivity contribution is 6.33. The van der Waals surface area contributed by atoms with Crippen LogP contribution in [-0.4, -0.2) is 11.9 Å². The maximum Gasteiger partial charge on any atom is 0.241 e. The number of nitrogens with one attached hydrogen (secondary N) is 1. The van der Waals surface area contributed by atoms with Crippen LogP contribution < -0.4 is 11.1 Å². The maximum absolute atomic E-state index is 13.4. The van der Waals surface area contributed by atoms with E-state index >= 15 is 0 Å². The molecular weight excluding hydrogens is 243 g/mol. The van der Waals surface area contributed by atoms with E-state index in [4.69, 9.17) is 17.3 Å². The number of hydrogen-bond donors (Lipinski definition) is 2. The molecule has 1 aromatic rings. The molecule has 1 unspecified atom stereocenters. The van der Waals surface area contributed by atoms with Gasteiger partial charge in [-0.3, -0.25) is 4.79 Å². The van der Waals surface area contributed by atoms with Crippen LogP contribution in [0.15, 0.2) is 18.2 Å². The molecule has 0 aliphatic heterocycles. The summed E-state index contributed by atoms with van der Waals surface area (Å²) in [4.78, 5) is 11.8. The van der Waals surface area contributed by atoms with E-state index in [9.17, 15) is 9.18 Å². The Morgan fingerprint density at radius 1 is 1.59 bits per heavy atom. The van der Waals surface area contributed by atoms with Crippen molar-refractivity contribution >= 4 is 23.2 Å². The first-order chi connectivity index (χ1) is 7.97. The first-order valence-electron chi connectivity index (χ1n) is 5.47. The van der Waals surface area contributed by atoms with Gasteiger partial charge in [-0.25, -0.2) is 4.39 Å². The smallest absolute Gasteiger partial charge is 0.241 e. The number of para-hydroxylation sites is 1. The minimum atomic E-state index is -0.671. The molecule has 1 aromatic carbocycles. The summed E-state index contributed by atoms with van der Waals surface area (Å²) in [5.74, 6) is -0.964. The van der Waals surface area contributed by atoms with E-state index in [-0.39, 0.29) is 16.6 Å². The molecule has 0 saturated heterocycles. The lowest BCUT2D eigenvalue weighted by Gasteiger charge is -2.18. The van der Waals surface area contributed by atoms with Crippen LogP contribution >= 0.6 is 11.6 Å². The molecule has 0 bridgehead atoms. The number of amides is 1. The topological polar surface area (TPSA) is 55.1 Å². The van der Waals surface area contributed by atoms with Crippen molar-refractivity contribution < 1.29 is 9.18 Å². The maximum atomic E-state index is 13.4. The third kappa shape index (κ3) is 3.41. The summed E-state index contributed by atoms with van der Waals surface area (Å²) in [6.45, 7) is 3.81. The molecular formula is C12H16ClFN2O. The molecule has 17 heavy (non-hydrogen) atoms. The minimum Gasteiger partial charge on any atom is -0.321 e. The number of carbonyl (C=O) groups is 1. The van der Waals surface area contributed by atoms with E-state index in [1.54, 1.807) is 0 Å². The SMILES string of the molecule is CCC(C)[C@H](N)C(=O)Nc1c(F)cccc1Cl. The van der Waals surface area contributed by atoms with Crippen LogP contribution in [-0.2, 0) is 4.79 Å². The Balaban J connectivity index is 2.81. The van der Waals surface area contributed by atoms with E-state index in [0.29, 0.717) is 0 Å². The number of anilines is 1. The van der Waals surface area contributed by atoms with E-state index in [0.717, 1.165) is 6.42 Å². The zero-order valence-corrected chi connectivity index (χ0v) is 10.6. The Labute approximate surface area is 105 Å². The van der Waals surface area contributed by atoms with Crippen LogP contribution in [0.4, 0.5) is 10.1 Å². The van der Waals surface area contributed by atoms with Gasteiger partial charge in [-0.05, 0) is 18.1 Å². The summed E-state index contributed by atoms with van der Waals surface area (Å²) in [5, 5.41) is 2.58. The predicted molar refractivity (Wildman–Crippen MR) is 67.5 cm³/mol. The summed E-state index contributed by atoms with van der Waals surface area (Å²) >= 11 is 5.80. The number of hydrogen-bond acceptors (Lipinski definition) is 2. The van der Waals surface area contributed by atoms with Gasteiger partial charge in [0.15, 0.2) is 0 Å². The highest BCUT2D eigenvalue weighted by Gasteiger charge is 2.21. The van der Waals surface area contributed by atoms with Gasteiger partial charge in [-0.15, -0.1) is 0 Å². The van der Waals surface area contributed by atoms with Gasteiger partial charge in [-0.1, -0.05) is 37.9 Å². The second-order valence-corrected chi connectivity index (χ2v) is 4.40. The first-order valence-corrected chi connectivity index (χ1v) is 5.85. The number of benzene rings is 1. The summed E-state index contributed by atoms with van der Waals surface area (Å²) in [6, 6.07) is 3.54. The molecule has 3 nitrogen and oxygen atoms in total. The summed E-state index contributed by atoms with van der Waals surface area (Å²) in [5.41, 5.74) is 5.73. The van der Waals surface area contributed by atoms with Gasteiger partial charge < -0.3 is 11.1 Å². The van der Waals surface area contributed by atoms with Crippen molar-refractivity contribution in [2.45, 2.75) is 26.3 Å². The molecule has 94 valence electrons. The first kappa shape index (κ1) is 13.9. The van der Waals surface area contributed by atoms with Gasteiger partial charge in [0, 0.05) is 0 Å². The van der Waals surface area contributed by atoms with Crippen LogP contribution in [0.5, 0.6) is 0 Å². The third-order valence-corrected chi connectivity index (χ3v) is 3.09. The van der Waals surface area contributed by atoms with Gasteiger partial charge in [0.05, 0.1) is 16.8 Å². The van der Waals surface area contributed by atoms with E-state index in [1.165, 1.54) is 18.2 Å². The fourth-order valence-corrected chi connectivity index (χ4v) is 1.55. The summed E-state index contributed by atoms with van der Waals surface area (Å²) < 4.78 is 13.4. The Hall–Kier alpha value is -1.13. The fourth-order valence-electron chi connectivity index (χ4n) is 1.34. The molecule has 0 spiro atoms. The van der Waals surface area contributed by atoms with E-state index in [2.05, 4.69) is 5.32 Å². The van der Waals surface area contributed by atoms with Gasteiger partial charge >= 0.3 is 0 Å². The van der Waals surface area contributed by atoms with Crippen LogP contribution in [0.1, 0.15) is 20.3 Å². The van der Waals surface area contributed by atoms with Crippen molar-refractivity contribution in [1.29, 1.82) is 0 Å². The second kappa shape index (κ2) is 5.98. The van der Waals surface area contributed by atoms with Gasteiger partial charge in [0.1, 0.15) is 5.82 Å². The summed E-state index contributed by atoms with van der Waals surface area (Å²) in [6.07, 6.45) is 0.777. The quantitative estimate of drug-likeness (QED) is 0.873. The molecule has 0 aliphatic rings. The Bertz CT molecular complexity index is 391. The molecule has 0 aromatic heterocycles. The molecule has 3 N–H and O–H groups in total. The molecule has 2 atom stereocenters. The molecule has 1 amide bonds. The normalized spacial score (nSPS) is 14.2. The van der Waals surface area contributed by atoms with Gasteiger partial charge in [0.2, 0.25) is 5.91 Å². The highest BCUT2D eigenvalue weighted by atomic mass is 35.5. The van der Waals surface area contributed by atoms with Gasteiger partial charge in [0.25, 0.3) is 0 Å². The lowest BCUT2D eigenvalue weighted by Crippen LogP contribution is -2.40. The lowest BCUT2D eigenvalue weighted by molar-refractivity contribution is -0.118. The average Bonchev–Trinajstić information content (AvgIpc) is 2.31. The molecule has 0 heterocycles. The highest BCUT2D eigenvalue weighted by Crippen LogP contribution is 2.25. The molecule has 0 aliphatic carbocycles. The van der Waals surface area contributed by atoms with Crippen LogP contribution in [0.3, 0.4) is 0 Å². The number of carbonyl (C=O) groups excluding carboxylic acids is 1. The predicted octanol–water partition coefficient (Wildman–Crippen LogP) is 2.79. The monoisotopic (exact) mass is 258 g/mol. The van der Waals surface area contributed by atoms with Crippen molar-refractivity contribution in [1.82, 2.24) is 0 Å². The van der Waals surface area contributed by atoms with Crippen molar-refractivity contribution in [2.75, 3.05) is 5.32 Å². The third-order valence-electron chi connectivity index (χ3n) is 2.77. The van der Waals surface area contributed by atoms with Crippen LogP contribution in [0.2, 0.25) is 5.02 Å². The average molecular weight is 259 g/mol. The molecule has 1 rings (SSSR count). The molecule has 5 heteroatoms. The lowest BCUT2D eigenvalue weighted by atomic mass is 9.99. The van der Waals surface area contributed by atoms with Crippen LogP contribution in [0.25, 0.3) is 0 Å². The molecule has 0 radical (unpaired) electrons. The van der Waals surface area contributed by atoms with E-state index in [1.807, 2.05) is 13.8 Å². The molecule has 0 saturated carbocycles. The minimum absolute atomic E-state index is 0.0158. The largest absolute Gasteiger partial charge is 0.321 e. The van der Waals surface area contributed by atoms with Crippen LogP contribution in [0, 0.1) is 11.7 Å². The second-order valence-electron chi connectivity index (χ2n) is 4.00. The van der Waals surface area contributed by atoms with Crippen molar-refractivity contribution in [3.05, 3.63) is 29.0 Å². The Morgan fingerprint density at radius 3 is 2.76 bits per heavy atom. The standard InChI is InChI=1S/C12H16ClFN2O/c1-3-7(2)10(15)12(17)16-11-8(13)5-4-6-9(11)14/h4-7,10H,3,15H2,1-2H3,(H,16,17)/t7?,10-/m0/s1. The van der Waals surface area contributed by atoms with Crippen molar-refractivity contribution in [3.63, 3.8) is 0 Å². The number of nitrogens with two attached hydrogens (primary N) is 1. The molecule has 0 fully saturated rings. The summed E-state index contributed by atoms with van der Waals surface area (Å²) in [7, 11) is 0. The fraction of sp³-hybridized carbons (Fsp3) is 0.417. The van der Waals surface area contributed by atoms with E-state index < -0.39 is 17.8 Å². The van der Waals surface area contributed by atoms with Gasteiger partial charge in [-0.2, -0.15) is 0 Å². The van der Waals surface area contributed by atoms with Crippen molar-refractivity contribution in [3.8, 4) is 0 Å².